The summed E-state index contributed by atoms with van der Waals surface area (Å²) in [7, 11) is 1.81. The lowest BCUT2D eigenvalue weighted by atomic mass is 10.3. The summed E-state index contributed by atoms with van der Waals surface area (Å²) in [6, 6.07) is 17.1. The number of nitrogens with two attached hydrogens (primary N) is 1. The molecule has 0 spiro atoms. The normalized spacial score (nSPS) is 10.8. The highest BCUT2D eigenvalue weighted by Gasteiger charge is 2.01. The van der Waals surface area contributed by atoms with E-state index in [2.05, 4.69) is 20.4 Å². The lowest BCUT2D eigenvalue weighted by molar-refractivity contribution is 0.483. The highest BCUT2D eigenvalue weighted by molar-refractivity contribution is 14.0. The topological polar surface area (TPSA) is 90.4 Å². The van der Waals surface area contributed by atoms with Crippen molar-refractivity contribution < 1.29 is 4.74 Å². The number of anilines is 1. The molecule has 3 N–H and O–H groups in total. The van der Waals surface area contributed by atoms with Crippen molar-refractivity contribution in [1.29, 1.82) is 0 Å². The number of ether oxygens (including phenoxy) is 1. The highest BCUT2D eigenvalue weighted by atomic mass is 127. The van der Waals surface area contributed by atoms with E-state index in [4.69, 9.17) is 10.5 Å². The van der Waals surface area contributed by atoms with Crippen LogP contribution in [0.2, 0.25) is 0 Å². The molecule has 1 aromatic heterocycles. The summed E-state index contributed by atoms with van der Waals surface area (Å²) in [4.78, 5) is 8.32. The molecule has 0 aliphatic rings. The zero-order valence-electron chi connectivity index (χ0n) is 13.7. The molecule has 2 aromatic carbocycles. The Morgan fingerprint density at radius 3 is 2.64 bits per heavy atom. The standard InChI is InChI=1S/C17H18N6O.HI/c1-23-12-20-16(22-23)11-19-17(18)21-13-6-5-9-15(10-13)24-14-7-3-2-4-8-14;/h2-10,12H,11H2,1H3,(H3,18,19,21);1H. The molecule has 0 saturated heterocycles. The minimum Gasteiger partial charge on any atom is -0.457 e. The van der Waals surface area contributed by atoms with Gasteiger partial charge in [-0.2, -0.15) is 5.10 Å². The van der Waals surface area contributed by atoms with Gasteiger partial charge >= 0.3 is 0 Å². The number of rotatable bonds is 5. The van der Waals surface area contributed by atoms with E-state index in [1.54, 1.807) is 18.1 Å². The van der Waals surface area contributed by atoms with Crippen LogP contribution in [0.5, 0.6) is 11.5 Å². The Morgan fingerprint density at radius 1 is 1.16 bits per heavy atom. The van der Waals surface area contributed by atoms with Gasteiger partial charge in [0.15, 0.2) is 11.8 Å². The van der Waals surface area contributed by atoms with Crippen molar-refractivity contribution in [3.8, 4) is 11.5 Å². The summed E-state index contributed by atoms with van der Waals surface area (Å²) in [6.07, 6.45) is 1.62. The summed E-state index contributed by atoms with van der Waals surface area (Å²) in [5.74, 6) is 2.39. The van der Waals surface area contributed by atoms with Crippen molar-refractivity contribution in [3.63, 3.8) is 0 Å². The Bertz CT molecular complexity index is 834. The Kier molecular flexibility index (Phi) is 6.75. The molecule has 0 fully saturated rings. The first-order valence-electron chi connectivity index (χ1n) is 7.43. The predicted octanol–water partition coefficient (Wildman–Crippen LogP) is 3.15. The van der Waals surface area contributed by atoms with E-state index in [-0.39, 0.29) is 24.0 Å². The molecule has 0 aliphatic heterocycles. The minimum atomic E-state index is 0. The third-order valence-corrected chi connectivity index (χ3v) is 3.12. The van der Waals surface area contributed by atoms with Crippen LogP contribution < -0.4 is 15.8 Å². The van der Waals surface area contributed by atoms with Gasteiger partial charge in [-0.05, 0) is 24.3 Å². The first kappa shape index (κ1) is 18.7. The first-order valence-corrected chi connectivity index (χ1v) is 7.43. The van der Waals surface area contributed by atoms with E-state index in [9.17, 15) is 0 Å². The van der Waals surface area contributed by atoms with E-state index < -0.39 is 0 Å². The molecule has 7 nitrogen and oxygen atoms in total. The number of aromatic nitrogens is 3. The summed E-state index contributed by atoms with van der Waals surface area (Å²) in [6.45, 7) is 0.319. The molecule has 0 atom stereocenters. The van der Waals surface area contributed by atoms with Gasteiger partial charge in [-0.1, -0.05) is 24.3 Å². The van der Waals surface area contributed by atoms with Gasteiger partial charge < -0.3 is 15.8 Å². The second-order valence-electron chi connectivity index (χ2n) is 5.10. The fourth-order valence-electron chi connectivity index (χ4n) is 2.06. The van der Waals surface area contributed by atoms with Crippen LogP contribution >= 0.6 is 24.0 Å². The minimum absolute atomic E-state index is 0. The molecule has 0 saturated carbocycles. The first-order chi connectivity index (χ1) is 11.7. The predicted molar refractivity (Wildman–Crippen MR) is 108 cm³/mol. The molecule has 3 rings (SSSR count). The Morgan fingerprint density at radius 2 is 1.92 bits per heavy atom. The third-order valence-electron chi connectivity index (χ3n) is 3.12. The van der Waals surface area contributed by atoms with Crippen molar-refractivity contribution in [1.82, 2.24) is 14.8 Å². The molecule has 0 bridgehead atoms. The molecular weight excluding hydrogens is 431 g/mol. The second-order valence-corrected chi connectivity index (χ2v) is 5.10. The van der Waals surface area contributed by atoms with Gasteiger partial charge in [0.1, 0.15) is 24.4 Å². The van der Waals surface area contributed by atoms with Gasteiger partial charge in [0.2, 0.25) is 0 Å². The number of aliphatic imine (C=N–C) groups is 1. The van der Waals surface area contributed by atoms with Crippen molar-refractivity contribution in [2.45, 2.75) is 6.54 Å². The van der Waals surface area contributed by atoms with Crippen LogP contribution in [0.25, 0.3) is 0 Å². The number of nitrogens with one attached hydrogen (secondary N) is 1. The lowest BCUT2D eigenvalue weighted by Crippen LogP contribution is -2.22. The molecule has 0 aliphatic carbocycles. The zero-order chi connectivity index (χ0) is 16.8. The number of guanidine groups is 1. The molecule has 8 heteroatoms. The number of halogens is 1. The maximum Gasteiger partial charge on any atom is 0.193 e. The zero-order valence-corrected chi connectivity index (χ0v) is 16.0. The van der Waals surface area contributed by atoms with Crippen LogP contribution in [-0.2, 0) is 13.6 Å². The van der Waals surface area contributed by atoms with E-state index in [1.165, 1.54) is 0 Å². The van der Waals surface area contributed by atoms with Crippen LogP contribution in [0.4, 0.5) is 5.69 Å². The molecule has 25 heavy (non-hydrogen) atoms. The number of para-hydroxylation sites is 1. The molecule has 3 aromatic rings. The van der Waals surface area contributed by atoms with Gasteiger partial charge in [-0.25, -0.2) is 9.98 Å². The number of hydrogen-bond donors (Lipinski definition) is 2. The number of benzene rings is 2. The van der Waals surface area contributed by atoms with Gasteiger partial charge in [0, 0.05) is 18.8 Å². The largest absolute Gasteiger partial charge is 0.457 e. The van der Waals surface area contributed by atoms with Crippen LogP contribution in [0.1, 0.15) is 5.82 Å². The highest BCUT2D eigenvalue weighted by Crippen LogP contribution is 2.23. The molecule has 130 valence electrons. The average molecular weight is 450 g/mol. The molecule has 0 unspecified atom stereocenters. The molecule has 0 radical (unpaired) electrons. The summed E-state index contributed by atoms with van der Waals surface area (Å²) in [5.41, 5.74) is 6.69. The van der Waals surface area contributed by atoms with Gasteiger partial charge in [-0.15, -0.1) is 24.0 Å². The third kappa shape index (κ3) is 5.75. The smallest absolute Gasteiger partial charge is 0.193 e. The maximum absolute atomic E-state index is 5.90. The number of nitrogens with zero attached hydrogens (tertiary/aromatic N) is 4. The fraction of sp³-hybridized carbons (Fsp3) is 0.118. The van der Waals surface area contributed by atoms with Crippen LogP contribution in [0.3, 0.4) is 0 Å². The van der Waals surface area contributed by atoms with Crippen molar-refractivity contribution in [2.75, 3.05) is 5.32 Å². The average Bonchev–Trinajstić information content (AvgIpc) is 3.00. The van der Waals surface area contributed by atoms with Crippen LogP contribution in [0, 0.1) is 0 Å². The van der Waals surface area contributed by atoms with Gasteiger partial charge in [0.05, 0.1) is 0 Å². The van der Waals surface area contributed by atoms with Crippen LogP contribution in [-0.4, -0.2) is 20.7 Å². The van der Waals surface area contributed by atoms with E-state index >= 15 is 0 Å². The number of hydrogen-bond acceptors (Lipinski definition) is 4. The Hall–Kier alpha value is -2.62. The van der Waals surface area contributed by atoms with Crippen molar-refractivity contribution in [2.24, 2.45) is 17.8 Å². The Labute approximate surface area is 163 Å². The Balaban J connectivity index is 0.00000225. The molecule has 0 amide bonds. The fourth-order valence-corrected chi connectivity index (χ4v) is 2.06. The van der Waals surface area contributed by atoms with E-state index in [0.717, 1.165) is 11.4 Å². The SMILES string of the molecule is Cn1cnc(CN=C(N)Nc2cccc(Oc3ccccc3)c2)n1.I. The van der Waals surface area contributed by atoms with Gasteiger partial charge in [-0.3, -0.25) is 4.68 Å². The van der Waals surface area contributed by atoms with E-state index in [1.807, 2.05) is 54.6 Å². The second kappa shape index (κ2) is 9.02. The number of aryl methyl sites for hydroxylation is 1. The maximum atomic E-state index is 5.90. The summed E-state index contributed by atoms with van der Waals surface area (Å²) in [5, 5.41) is 7.18. The quantitative estimate of drug-likeness (QED) is 0.354. The van der Waals surface area contributed by atoms with Crippen LogP contribution in [0.15, 0.2) is 65.9 Å². The molecular formula is C17H19IN6O. The summed E-state index contributed by atoms with van der Waals surface area (Å²) >= 11 is 0. The lowest BCUT2D eigenvalue weighted by Gasteiger charge is -2.09. The molecule has 1 heterocycles. The van der Waals surface area contributed by atoms with Gasteiger partial charge in [0.25, 0.3) is 0 Å². The van der Waals surface area contributed by atoms with Crippen molar-refractivity contribution in [3.05, 3.63) is 66.7 Å². The van der Waals surface area contributed by atoms with Crippen molar-refractivity contribution >= 4 is 35.6 Å². The van der Waals surface area contributed by atoms with E-state index in [0.29, 0.717) is 24.1 Å². The monoisotopic (exact) mass is 450 g/mol. The summed E-state index contributed by atoms with van der Waals surface area (Å²) < 4.78 is 7.41.